The molecule has 3 aromatic carbocycles. The van der Waals surface area contributed by atoms with Gasteiger partial charge in [-0.25, -0.2) is 4.39 Å². The van der Waals surface area contributed by atoms with Gasteiger partial charge in [0, 0.05) is 28.7 Å². The first kappa shape index (κ1) is 34.8. The fourth-order valence-electron chi connectivity index (χ4n) is 5.05. The zero-order valence-corrected chi connectivity index (χ0v) is 29.0. The van der Waals surface area contributed by atoms with E-state index in [1.807, 2.05) is 59.5 Å². The molecule has 0 unspecified atom stereocenters. The summed E-state index contributed by atoms with van der Waals surface area (Å²) >= 11 is 0. The number of carbonyl (C=O) groups excluding carboxylic acids is 3. The van der Waals surface area contributed by atoms with Gasteiger partial charge in [-0.15, -0.1) is 0 Å². The predicted molar refractivity (Wildman–Crippen MR) is 158 cm³/mol. The number of rotatable bonds is 9. The number of carboxylic acid groups (broad SMARTS) is 1. The summed E-state index contributed by atoms with van der Waals surface area (Å²) in [4.78, 5) is 43.4. The minimum absolute atomic E-state index is 0. The van der Waals surface area contributed by atoms with Crippen LogP contribution in [0, 0.1) is 16.6 Å². The molecule has 0 spiro atoms. The number of ether oxygens (including phenoxy) is 1. The van der Waals surface area contributed by atoms with Crippen molar-refractivity contribution in [3.63, 3.8) is 0 Å². The van der Waals surface area contributed by atoms with Crippen molar-refractivity contribution in [2.45, 2.75) is 40.2 Å². The Hall–Kier alpha value is -3.06. The van der Waals surface area contributed by atoms with Crippen LogP contribution in [0.25, 0.3) is 34.0 Å². The number of nitrogens with zero attached hydrogens (tertiary/aromatic N) is 3. The summed E-state index contributed by atoms with van der Waals surface area (Å²) in [5.74, 6) is -2.52. The third kappa shape index (κ3) is 8.03. The normalized spacial score (nSPS) is 14.8. The number of Topliss-reactive ketones (excluding diaryl/α,β-unsaturated/α-hetero) is 1. The molecule has 0 saturated carbocycles. The number of ketones is 1. The molecule has 0 amide bonds. The predicted octanol–water partition coefficient (Wildman–Crippen LogP) is 1.70. The van der Waals surface area contributed by atoms with Crippen LogP contribution in [0.3, 0.4) is 0 Å². The van der Waals surface area contributed by atoms with E-state index in [-0.39, 0.29) is 81.7 Å². The monoisotopic (exact) mass is 637 g/mol. The third-order valence-corrected chi connectivity index (χ3v) is 8.01. The quantitative estimate of drug-likeness (QED) is 0.153. The number of hydrogen-bond acceptors (Lipinski definition) is 9. The van der Waals surface area contributed by atoms with Crippen LogP contribution in [-0.4, -0.2) is 52.5 Å². The molecule has 45 heavy (non-hydrogen) atoms. The number of esters is 1. The average molecular weight is 638 g/mol. The summed E-state index contributed by atoms with van der Waals surface area (Å²) in [6.07, 6.45) is 0.0447. The molecule has 11 heteroatoms. The molecule has 1 fully saturated rings. The number of aliphatic carboxylic acids is 1. The van der Waals surface area contributed by atoms with Gasteiger partial charge in [-0.05, 0) is 49.2 Å². The van der Waals surface area contributed by atoms with Crippen molar-refractivity contribution in [3.05, 3.63) is 84.2 Å². The van der Waals surface area contributed by atoms with Gasteiger partial charge in [-0.3, -0.25) is 14.5 Å². The molecule has 4 aromatic rings. The fraction of sp³-hybridized carbons (Fsp3) is 0.324. The minimum Gasteiger partial charge on any atom is -0.549 e. The second-order valence-corrected chi connectivity index (χ2v) is 12.1. The molecule has 2 heterocycles. The van der Waals surface area contributed by atoms with E-state index in [0.717, 1.165) is 11.1 Å². The van der Waals surface area contributed by atoms with Gasteiger partial charge in [0.1, 0.15) is 11.2 Å². The first-order valence-electron chi connectivity index (χ1n) is 14.4. The molecule has 1 aromatic heterocycles. The number of carbonyl (C=O) groups is 3. The number of likely N-dealkylation sites (tertiary alicyclic amines) is 1. The first-order valence-corrected chi connectivity index (χ1v) is 14.4. The van der Waals surface area contributed by atoms with Crippen molar-refractivity contribution in [2.75, 3.05) is 19.7 Å². The summed E-state index contributed by atoms with van der Waals surface area (Å²) in [5, 5.41) is 16.1. The van der Waals surface area contributed by atoms with E-state index in [2.05, 4.69) is 10.1 Å². The maximum absolute atomic E-state index is 14.9. The van der Waals surface area contributed by atoms with Crippen molar-refractivity contribution in [1.82, 2.24) is 15.0 Å². The van der Waals surface area contributed by atoms with Gasteiger partial charge in [-0.2, -0.15) is 4.98 Å². The number of hydrogen-bond donors (Lipinski definition) is 0. The molecule has 5 rings (SSSR count). The van der Waals surface area contributed by atoms with Crippen LogP contribution in [0.2, 0.25) is 0 Å². The maximum atomic E-state index is 14.9. The van der Waals surface area contributed by atoms with Gasteiger partial charge in [0.2, 0.25) is 5.82 Å². The van der Waals surface area contributed by atoms with E-state index in [1.54, 1.807) is 32.9 Å². The molecule has 9 nitrogen and oxygen atoms in total. The SMILES string of the molecule is CC(C)(C)C(=O)COC(=O)C1(C(=O)[O-])CCN(Cc2ccc(-c3noc(-c4ccc(-c5ccccc5)c(F)c4)n3)cc2)CC1.[K+]. The zero-order chi connectivity index (χ0) is 31.5. The Morgan fingerprint density at radius 2 is 1.60 bits per heavy atom. The average Bonchev–Trinajstić information content (AvgIpc) is 3.51. The van der Waals surface area contributed by atoms with Crippen LogP contribution in [0.1, 0.15) is 39.2 Å². The second-order valence-electron chi connectivity index (χ2n) is 12.1. The van der Waals surface area contributed by atoms with Crippen LogP contribution < -0.4 is 56.5 Å². The molecule has 0 radical (unpaired) electrons. The Balaban J connectivity index is 0.00000461. The van der Waals surface area contributed by atoms with Gasteiger partial charge in [-0.1, -0.05) is 86.6 Å². The second kappa shape index (κ2) is 14.6. The van der Waals surface area contributed by atoms with Crippen LogP contribution in [0.15, 0.2) is 77.3 Å². The van der Waals surface area contributed by atoms with Gasteiger partial charge in [0.05, 0.1) is 5.97 Å². The summed E-state index contributed by atoms with van der Waals surface area (Å²) < 4.78 is 25.4. The minimum atomic E-state index is -1.78. The summed E-state index contributed by atoms with van der Waals surface area (Å²) in [5.41, 5.74) is 0.935. The van der Waals surface area contributed by atoms with Crippen molar-refractivity contribution < 1.29 is 84.5 Å². The Bertz CT molecular complexity index is 1660. The molecular formula is C34H33FKN3O6. The maximum Gasteiger partial charge on any atom is 1.00 e. The van der Waals surface area contributed by atoms with Crippen molar-refractivity contribution in [2.24, 2.45) is 10.8 Å². The standard InChI is InChI=1S/C34H34FN3O6.K/c1-33(2,3)28(39)21-43-32(42)34(31(40)41)15-17-38(18-16-34)20-22-9-11-24(12-10-22)29-36-30(44-37-29)25-13-14-26(27(35)19-25)23-7-5-4-6-8-23;/h4-14,19H,15-18,20-21H2,1-3H3,(H,40,41);/q;+1/p-1. The Kier molecular flexibility index (Phi) is 11.3. The van der Waals surface area contributed by atoms with Crippen LogP contribution in [0.4, 0.5) is 4.39 Å². The number of halogens is 1. The molecule has 0 aliphatic carbocycles. The van der Waals surface area contributed by atoms with Crippen molar-refractivity contribution in [3.8, 4) is 34.0 Å². The molecule has 228 valence electrons. The number of benzene rings is 3. The third-order valence-electron chi connectivity index (χ3n) is 8.01. The first-order chi connectivity index (χ1) is 21.0. The van der Waals surface area contributed by atoms with Gasteiger partial charge < -0.3 is 19.2 Å². The van der Waals surface area contributed by atoms with Gasteiger partial charge >= 0.3 is 57.4 Å². The zero-order valence-electron chi connectivity index (χ0n) is 25.8. The topological polar surface area (TPSA) is 126 Å². The number of carboxylic acids is 1. The van der Waals surface area contributed by atoms with E-state index in [4.69, 9.17) is 9.26 Å². The fourth-order valence-corrected chi connectivity index (χ4v) is 5.05. The molecule has 1 aliphatic heterocycles. The van der Waals surface area contributed by atoms with E-state index >= 15 is 0 Å². The Morgan fingerprint density at radius 3 is 2.20 bits per heavy atom. The Morgan fingerprint density at radius 1 is 0.956 bits per heavy atom. The van der Waals surface area contributed by atoms with E-state index in [1.165, 1.54) is 6.07 Å². The van der Waals surface area contributed by atoms with E-state index in [0.29, 0.717) is 42.1 Å². The van der Waals surface area contributed by atoms with E-state index < -0.39 is 29.4 Å². The van der Waals surface area contributed by atoms with Crippen LogP contribution >= 0.6 is 0 Å². The van der Waals surface area contributed by atoms with Gasteiger partial charge in [0.25, 0.3) is 5.89 Å². The van der Waals surface area contributed by atoms with Crippen LogP contribution in [0.5, 0.6) is 0 Å². The molecule has 0 bridgehead atoms. The van der Waals surface area contributed by atoms with Crippen LogP contribution in [-0.2, 0) is 25.7 Å². The summed E-state index contributed by atoms with van der Waals surface area (Å²) in [6.45, 7) is 5.86. The summed E-state index contributed by atoms with van der Waals surface area (Å²) in [7, 11) is 0. The number of piperidine rings is 1. The Labute approximate surface area is 303 Å². The van der Waals surface area contributed by atoms with Gasteiger partial charge in [0.15, 0.2) is 12.4 Å². The van der Waals surface area contributed by atoms with Crippen molar-refractivity contribution in [1.29, 1.82) is 0 Å². The van der Waals surface area contributed by atoms with Crippen molar-refractivity contribution >= 4 is 17.7 Å². The largest absolute Gasteiger partial charge is 1.00 e. The molecule has 1 aliphatic rings. The number of aromatic nitrogens is 2. The molecule has 1 saturated heterocycles. The molecule has 0 atom stereocenters. The summed E-state index contributed by atoms with van der Waals surface area (Å²) in [6, 6.07) is 21.6. The smallest absolute Gasteiger partial charge is 0.549 e. The molecule has 0 N–H and O–H groups in total. The van der Waals surface area contributed by atoms with E-state index in [9.17, 15) is 23.9 Å². The molecular weight excluding hydrogens is 604 g/mol.